The number of carbonyl (C=O) groups excluding carboxylic acids is 1. The summed E-state index contributed by atoms with van der Waals surface area (Å²) in [5.41, 5.74) is 0.812. The molecule has 0 aromatic heterocycles. The Morgan fingerprint density at radius 3 is 2.30 bits per heavy atom. The lowest BCUT2D eigenvalue weighted by Crippen LogP contribution is -2.49. The molecule has 1 heterocycles. The first kappa shape index (κ1) is 24.8. The largest absolute Gasteiger partial charge is 0.398 e. The molecule has 0 bridgehead atoms. The molecule has 30 heavy (non-hydrogen) atoms. The topological polar surface area (TPSA) is 23.6 Å². The first-order valence-electron chi connectivity index (χ1n) is 10.7. The second-order valence-electron chi connectivity index (χ2n) is 7.86. The van der Waals surface area contributed by atoms with Crippen molar-refractivity contribution in [3.8, 4) is 0 Å². The van der Waals surface area contributed by atoms with Gasteiger partial charge in [0.15, 0.2) is 0 Å². The number of alkyl halides is 3. The number of piperazine rings is 1. The lowest BCUT2D eigenvalue weighted by atomic mass is 10.1. The van der Waals surface area contributed by atoms with Crippen molar-refractivity contribution in [2.75, 3.05) is 36.8 Å². The van der Waals surface area contributed by atoms with Gasteiger partial charge in [-0.2, -0.15) is 13.2 Å². The highest BCUT2D eigenvalue weighted by atomic mass is 32.2. The Balaban J connectivity index is 1.86. The van der Waals surface area contributed by atoms with Crippen molar-refractivity contribution in [1.82, 2.24) is 4.90 Å². The molecule has 1 saturated heterocycles. The van der Waals surface area contributed by atoms with Crippen LogP contribution < -0.4 is 4.90 Å². The summed E-state index contributed by atoms with van der Waals surface area (Å²) in [7, 11) is 0. The SMILES string of the molecule is CCCCCCCCC(=O)N1CCN(c2cc(SCC(F)(F)F)c(C)cc2F)CC1. The number of hydrogen-bond donors (Lipinski definition) is 0. The highest BCUT2D eigenvalue weighted by Crippen LogP contribution is 2.34. The summed E-state index contributed by atoms with van der Waals surface area (Å²) in [5, 5.41) is 0. The van der Waals surface area contributed by atoms with Crippen molar-refractivity contribution >= 4 is 23.4 Å². The normalized spacial score (nSPS) is 15.0. The number of benzene rings is 1. The maximum Gasteiger partial charge on any atom is 0.398 e. The van der Waals surface area contributed by atoms with E-state index in [2.05, 4.69) is 6.92 Å². The van der Waals surface area contributed by atoms with Crippen molar-refractivity contribution in [2.24, 2.45) is 0 Å². The van der Waals surface area contributed by atoms with Crippen LogP contribution in [0.1, 0.15) is 57.4 Å². The summed E-state index contributed by atoms with van der Waals surface area (Å²) in [6.07, 6.45) is 3.06. The van der Waals surface area contributed by atoms with E-state index in [1.807, 2.05) is 9.80 Å². The molecule has 0 spiro atoms. The first-order chi connectivity index (χ1) is 14.2. The maximum absolute atomic E-state index is 14.5. The van der Waals surface area contributed by atoms with Gasteiger partial charge >= 0.3 is 6.18 Å². The highest BCUT2D eigenvalue weighted by Gasteiger charge is 2.28. The predicted molar refractivity (Wildman–Crippen MR) is 115 cm³/mol. The number of carbonyl (C=O) groups is 1. The van der Waals surface area contributed by atoms with Crippen LogP contribution in [0.5, 0.6) is 0 Å². The number of hydrogen-bond acceptors (Lipinski definition) is 3. The van der Waals surface area contributed by atoms with Crippen LogP contribution in [-0.4, -0.2) is 48.9 Å². The molecule has 1 amide bonds. The number of anilines is 1. The molecule has 0 saturated carbocycles. The number of thioether (sulfide) groups is 1. The average Bonchev–Trinajstić information content (AvgIpc) is 2.69. The Hall–Kier alpha value is -1.44. The summed E-state index contributed by atoms with van der Waals surface area (Å²) in [6.45, 7) is 5.76. The van der Waals surface area contributed by atoms with Gasteiger partial charge in [-0.25, -0.2) is 4.39 Å². The van der Waals surface area contributed by atoms with E-state index in [9.17, 15) is 22.4 Å². The minimum atomic E-state index is -4.27. The monoisotopic (exact) mass is 448 g/mol. The maximum atomic E-state index is 14.5. The van der Waals surface area contributed by atoms with E-state index in [1.165, 1.54) is 31.4 Å². The number of nitrogens with zero attached hydrogens (tertiary/aromatic N) is 2. The summed E-state index contributed by atoms with van der Waals surface area (Å²) in [4.78, 5) is 16.5. The van der Waals surface area contributed by atoms with Crippen LogP contribution >= 0.6 is 11.8 Å². The molecule has 0 unspecified atom stereocenters. The zero-order valence-corrected chi connectivity index (χ0v) is 18.7. The van der Waals surface area contributed by atoms with Gasteiger partial charge in [-0.1, -0.05) is 39.0 Å². The molecule has 1 aliphatic heterocycles. The molecule has 0 aliphatic carbocycles. The predicted octanol–water partition coefficient (Wildman–Crippen LogP) is 6.19. The fraction of sp³-hybridized carbons (Fsp3) is 0.682. The Labute approximate surface area is 181 Å². The van der Waals surface area contributed by atoms with Crippen LogP contribution in [0.15, 0.2) is 17.0 Å². The molecule has 1 aliphatic rings. The molecule has 2 rings (SSSR count). The van der Waals surface area contributed by atoms with Crippen LogP contribution in [0, 0.1) is 12.7 Å². The number of aryl methyl sites for hydroxylation is 1. The third kappa shape index (κ3) is 8.00. The Morgan fingerprint density at radius 2 is 1.67 bits per heavy atom. The van der Waals surface area contributed by atoms with Gasteiger partial charge < -0.3 is 9.80 Å². The van der Waals surface area contributed by atoms with Gasteiger partial charge in [-0.15, -0.1) is 11.8 Å². The molecular weight excluding hydrogens is 416 g/mol. The molecule has 1 aromatic carbocycles. The van der Waals surface area contributed by atoms with Crippen LogP contribution in [-0.2, 0) is 4.79 Å². The molecule has 170 valence electrons. The number of unbranched alkanes of at least 4 members (excludes halogenated alkanes) is 5. The third-order valence-corrected chi connectivity index (χ3v) is 6.58. The molecule has 8 heteroatoms. The van der Waals surface area contributed by atoms with Gasteiger partial charge in [0.2, 0.25) is 5.91 Å². The second-order valence-corrected chi connectivity index (χ2v) is 8.88. The van der Waals surface area contributed by atoms with Crippen molar-refractivity contribution in [3.05, 3.63) is 23.5 Å². The zero-order chi connectivity index (χ0) is 22.1. The number of rotatable bonds is 10. The van der Waals surface area contributed by atoms with E-state index in [4.69, 9.17) is 0 Å². The molecule has 1 fully saturated rings. The van der Waals surface area contributed by atoms with Crippen LogP contribution in [0.3, 0.4) is 0 Å². The fourth-order valence-corrected chi connectivity index (χ4v) is 4.41. The summed E-state index contributed by atoms with van der Waals surface area (Å²) < 4.78 is 52.1. The van der Waals surface area contributed by atoms with Crippen molar-refractivity contribution in [2.45, 2.75) is 69.9 Å². The molecule has 0 atom stereocenters. The first-order valence-corrected chi connectivity index (χ1v) is 11.7. The van der Waals surface area contributed by atoms with Gasteiger partial charge in [0.05, 0.1) is 11.4 Å². The van der Waals surface area contributed by atoms with E-state index in [0.29, 0.717) is 60.5 Å². The minimum absolute atomic E-state index is 0.135. The van der Waals surface area contributed by atoms with Gasteiger partial charge in [0.1, 0.15) is 5.82 Å². The average molecular weight is 449 g/mol. The van der Waals surface area contributed by atoms with Crippen LogP contribution in [0.25, 0.3) is 0 Å². The van der Waals surface area contributed by atoms with Crippen LogP contribution in [0.4, 0.5) is 23.2 Å². The summed E-state index contributed by atoms with van der Waals surface area (Å²) >= 11 is 0.679. The van der Waals surface area contributed by atoms with Gasteiger partial charge in [-0.05, 0) is 31.0 Å². The van der Waals surface area contributed by atoms with Crippen molar-refractivity contribution < 1.29 is 22.4 Å². The molecule has 0 radical (unpaired) electrons. The van der Waals surface area contributed by atoms with Gasteiger partial charge in [0.25, 0.3) is 0 Å². The fourth-order valence-electron chi connectivity index (χ4n) is 3.61. The Bertz CT molecular complexity index is 688. The van der Waals surface area contributed by atoms with Gasteiger partial charge in [-0.3, -0.25) is 4.79 Å². The van der Waals surface area contributed by atoms with Crippen LogP contribution in [0.2, 0.25) is 0 Å². The van der Waals surface area contributed by atoms with E-state index in [0.717, 1.165) is 19.3 Å². The molecule has 1 aromatic rings. The third-order valence-electron chi connectivity index (χ3n) is 5.35. The summed E-state index contributed by atoms with van der Waals surface area (Å²) in [6, 6.07) is 2.80. The van der Waals surface area contributed by atoms with Crippen molar-refractivity contribution in [1.29, 1.82) is 0 Å². The summed E-state index contributed by atoms with van der Waals surface area (Å²) in [5.74, 6) is -1.30. The van der Waals surface area contributed by atoms with E-state index in [1.54, 1.807) is 6.92 Å². The van der Waals surface area contributed by atoms with E-state index in [-0.39, 0.29) is 5.91 Å². The van der Waals surface area contributed by atoms with Crippen molar-refractivity contribution in [3.63, 3.8) is 0 Å². The Kier molecular flexibility index (Phi) is 9.78. The van der Waals surface area contributed by atoms with E-state index < -0.39 is 17.7 Å². The molecule has 0 N–H and O–H groups in total. The Morgan fingerprint density at radius 1 is 1.03 bits per heavy atom. The number of halogens is 4. The van der Waals surface area contributed by atoms with E-state index >= 15 is 0 Å². The standard InChI is InChI=1S/C22H32F4N2OS/c1-3-4-5-6-7-8-9-21(29)28-12-10-27(11-13-28)19-15-20(17(2)14-18(19)23)30-16-22(24,25)26/h14-15H,3-13,16H2,1-2H3. The lowest BCUT2D eigenvalue weighted by molar-refractivity contribution is -0.131. The second kappa shape index (κ2) is 11.8. The zero-order valence-electron chi connectivity index (χ0n) is 17.9. The lowest BCUT2D eigenvalue weighted by Gasteiger charge is -2.36. The van der Waals surface area contributed by atoms with Gasteiger partial charge in [0, 0.05) is 37.5 Å². The molecular formula is C22H32F4N2OS. The number of amides is 1. The molecule has 3 nitrogen and oxygen atoms in total. The highest BCUT2D eigenvalue weighted by molar-refractivity contribution is 7.99. The minimum Gasteiger partial charge on any atom is -0.366 e. The smallest absolute Gasteiger partial charge is 0.366 e. The quantitative estimate of drug-likeness (QED) is 0.242.